The second-order valence-electron chi connectivity index (χ2n) is 23.9. The van der Waals surface area contributed by atoms with Gasteiger partial charge >= 0.3 is 0 Å². The number of nitrogens with one attached hydrogen (secondary N) is 1. The SMILES string of the molecule is CC/C=C\C/C=C\C/C=C\C/C=C\C/C=C\CCCCCCCCCCCCCCCC(=O)NC(COC1OC(CO)C(O)C(O)C1O)C(O)/C=C/CC/C=C/CCCCCCCCCCCCCCCCCCCCCCCCCC. The number of unbranched alkanes of at least 4 members (excludes halogenated alkanes) is 38. The van der Waals surface area contributed by atoms with Crippen LogP contribution in [-0.4, -0.2) is 87.5 Å². The van der Waals surface area contributed by atoms with E-state index < -0.39 is 49.5 Å². The third-order valence-corrected chi connectivity index (χ3v) is 16.2. The normalized spacial score (nSPS) is 18.8. The van der Waals surface area contributed by atoms with Gasteiger partial charge in [-0.15, -0.1) is 0 Å². The highest BCUT2D eigenvalue weighted by Gasteiger charge is 2.44. The maximum atomic E-state index is 13.1. The van der Waals surface area contributed by atoms with Gasteiger partial charge in [0.05, 0.1) is 25.4 Å². The van der Waals surface area contributed by atoms with E-state index in [9.17, 15) is 30.3 Å². The van der Waals surface area contributed by atoms with E-state index in [1.165, 1.54) is 225 Å². The molecule has 82 heavy (non-hydrogen) atoms. The lowest BCUT2D eigenvalue weighted by Crippen LogP contribution is -2.60. The van der Waals surface area contributed by atoms with E-state index in [0.717, 1.165) is 70.6 Å². The van der Waals surface area contributed by atoms with E-state index in [4.69, 9.17) is 9.47 Å². The molecule has 1 aliphatic rings. The summed E-state index contributed by atoms with van der Waals surface area (Å²) in [6, 6.07) is -0.829. The van der Waals surface area contributed by atoms with Crippen molar-refractivity contribution in [2.24, 2.45) is 0 Å². The monoisotopic (exact) mass is 1150 g/mol. The quantitative estimate of drug-likeness (QED) is 0.0261. The molecule has 0 saturated carbocycles. The minimum atomic E-state index is -1.58. The largest absolute Gasteiger partial charge is 0.394 e. The highest BCUT2D eigenvalue weighted by Crippen LogP contribution is 2.23. The third-order valence-electron chi connectivity index (χ3n) is 16.2. The van der Waals surface area contributed by atoms with Crippen molar-refractivity contribution in [3.05, 3.63) is 85.1 Å². The average Bonchev–Trinajstić information content (AvgIpc) is 3.57. The smallest absolute Gasteiger partial charge is 0.220 e. The molecular formula is C73H131NO8. The van der Waals surface area contributed by atoms with Gasteiger partial charge in [-0.05, 0) is 77.0 Å². The van der Waals surface area contributed by atoms with Crippen LogP contribution in [0.5, 0.6) is 0 Å². The summed E-state index contributed by atoms with van der Waals surface area (Å²) >= 11 is 0. The number of hydrogen-bond acceptors (Lipinski definition) is 8. The van der Waals surface area contributed by atoms with Crippen molar-refractivity contribution in [2.75, 3.05) is 13.2 Å². The van der Waals surface area contributed by atoms with Crippen molar-refractivity contribution in [3.8, 4) is 0 Å². The first-order chi connectivity index (χ1) is 40.3. The van der Waals surface area contributed by atoms with Gasteiger partial charge in [0.25, 0.3) is 0 Å². The molecule has 9 heteroatoms. The maximum absolute atomic E-state index is 13.1. The number of rotatable bonds is 60. The van der Waals surface area contributed by atoms with E-state index in [1.807, 2.05) is 6.08 Å². The molecule has 1 saturated heterocycles. The molecule has 0 bridgehead atoms. The summed E-state index contributed by atoms with van der Waals surface area (Å²) in [7, 11) is 0. The van der Waals surface area contributed by atoms with Gasteiger partial charge in [-0.25, -0.2) is 0 Å². The summed E-state index contributed by atoms with van der Waals surface area (Å²) in [6.07, 6.45) is 81.2. The molecule has 1 aliphatic heterocycles. The zero-order valence-electron chi connectivity index (χ0n) is 53.2. The zero-order valence-corrected chi connectivity index (χ0v) is 53.2. The van der Waals surface area contributed by atoms with Crippen molar-refractivity contribution in [1.29, 1.82) is 0 Å². The Morgan fingerprint density at radius 3 is 1.17 bits per heavy atom. The van der Waals surface area contributed by atoms with Gasteiger partial charge in [0.1, 0.15) is 24.4 Å². The Hall–Kier alpha value is -2.63. The molecule has 0 aromatic rings. The molecule has 7 atom stereocenters. The number of ether oxygens (including phenoxy) is 2. The number of aliphatic hydroxyl groups is 5. The van der Waals surface area contributed by atoms with Crippen LogP contribution >= 0.6 is 0 Å². The lowest BCUT2D eigenvalue weighted by Gasteiger charge is -2.40. The minimum Gasteiger partial charge on any atom is -0.394 e. The Bertz CT molecular complexity index is 1570. The van der Waals surface area contributed by atoms with Crippen LogP contribution < -0.4 is 5.32 Å². The second kappa shape index (κ2) is 61.5. The first-order valence-corrected chi connectivity index (χ1v) is 34.8. The Kier molecular flexibility index (Phi) is 58.0. The first kappa shape index (κ1) is 77.4. The standard InChI is InChI=1S/C73H131NO8/c1-3-5-7-9-11-13-15-17-19-21-23-25-27-29-31-33-35-36-38-40-42-44-46-48-50-52-54-56-58-60-62-67(76)66(65-81-73-72(80)71(79)70(78)68(64-75)82-73)74-69(77)63-61-59-57-55-53-51-49-47-45-43-41-39-37-34-32-30-28-26-24-22-20-18-16-14-12-10-8-6-4-2/h6,8,12,14,18,20,24,26,30,32,52,54,60,62,66-68,70-73,75-76,78-80H,3-5,7,9-11,13,15-17,19,21-23,25,27-29,31,33-51,53,55-59,61,63-65H2,1-2H3,(H,74,77)/b8-6-,14-12-,20-18-,26-24-,32-30-,54-52+,62-60+. The Balaban J connectivity index is 2.16. The van der Waals surface area contributed by atoms with Crippen LogP contribution in [-0.2, 0) is 14.3 Å². The summed E-state index contributed by atoms with van der Waals surface area (Å²) in [6.45, 7) is 3.68. The van der Waals surface area contributed by atoms with E-state index >= 15 is 0 Å². The van der Waals surface area contributed by atoms with Gasteiger partial charge in [0, 0.05) is 6.42 Å². The zero-order chi connectivity index (χ0) is 59.3. The molecular weight excluding hydrogens is 1020 g/mol. The van der Waals surface area contributed by atoms with Crippen molar-refractivity contribution in [2.45, 2.75) is 358 Å². The van der Waals surface area contributed by atoms with Crippen LogP contribution in [0.2, 0.25) is 0 Å². The molecule has 0 aromatic heterocycles. The number of carbonyl (C=O) groups excluding carboxylic acids is 1. The van der Waals surface area contributed by atoms with Crippen LogP contribution in [0.25, 0.3) is 0 Å². The third kappa shape index (κ3) is 49.6. The molecule has 476 valence electrons. The fourth-order valence-electron chi connectivity index (χ4n) is 10.8. The summed E-state index contributed by atoms with van der Waals surface area (Å²) in [5, 5.41) is 54.7. The molecule has 6 N–H and O–H groups in total. The van der Waals surface area contributed by atoms with Crippen LogP contribution in [0.4, 0.5) is 0 Å². The topological polar surface area (TPSA) is 149 Å². The molecule has 1 amide bonds. The van der Waals surface area contributed by atoms with Gasteiger partial charge < -0.3 is 40.3 Å². The number of allylic oxidation sites excluding steroid dienone is 13. The van der Waals surface area contributed by atoms with Gasteiger partial charge in [0.15, 0.2) is 6.29 Å². The summed E-state index contributed by atoms with van der Waals surface area (Å²) in [5.41, 5.74) is 0. The second-order valence-corrected chi connectivity index (χ2v) is 23.9. The minimum absolute atomic E-state index is 0.187. The van der Waals surface area contributed by atoms with Crippen LogP contribution in [0.15, 0.2) is 85.1 Å². The highest BCUT2D eigenvalue weighted by molar-refractivity contribution is 5.76. The molecule has 0 radical (unpaired) electrons. The van der Waals surface area contributed by atoms with Crippen LogP contribution in [0.1, 0.15) is 316 Å². The fraction of sp³-hybridized carbons (Fsp3) is 0.795. The molecule has 0 spiro atoms. The maximum Gasteiger partial charge on any atom is 0.220 e. The van der Waals surface area contributed by atoms with Gasteiger partial charge in [0.2, 0.25) is 5.91 Å². The van der Waals surface area contributed by atoms with Crippen molar-refractivity contribution < 1.29 is 39.8 Å². The van der Waals surface area contributed by atoms with Gasteiger partial charge in [-0.2, -0.15) is 0 Å². The van der Waals surface area contributed by atoms with E-state index in [1.54, 1.807) is 6.08 Å². The van der Waals surface area contributed by atoms with E-state index in [0.29, 0.717) is 6.42 Å². The van der Waals surface area contributed by atoms with Crippen LogP contribution in [0, 0.1) is 0 Å². The number of hydrogen-bond donors (Lipinski definition) is 6. The predicted octanol–water partition coefficient (Wildman–Crippen LogP) is 18.9. The average molecular weight is 1150 g/mol. The Morgan fingerprint density at radius 2 is 0.768 bits per heavy atom. The molecule has 0 aromatic carbocycles. The number of amides is 1. The predicted molar refractivity (Wildman–Crippen MR) is 350 cm³/mol. The van der Waals surface area contributed by atoms with Crippen molar-refractivity contribution in [1.82, 2.24) is 5.32 Å². The van der Waals surface area contributed by atoms with Gasteiger partial charge in [-0.3, -0.25) is 4.79 Å². The molecule has 1 rings (SSSR count). The summed E-state index contributed by atoms with van der Waals surface area (Å²) in [4.78, 5) is 13.1. The fourth-order valence-corrected chi connectivity index (χ4v) is 10.8. The van der Waals surface area contributed by atoms with E-state index in [-0.39, 0.29) is 12.5 Å². The van der Waals surface area contributed by atoms with Gasteiger partial charge in [-0.1, -0.05) is 317 Å². The molecule has 9 nitrogen and oxygen atoms in total. The summed E-state index contributed by atoms with van der Waals surface area (Å²) < 4.78 is 11.3. The van der Waals surface area contributed by atoms with Crippen molar-refractivity contribution >= 4 is 5.91 Å². The van der Waals surface area contributed by atoms with Crippen LogP contribution in [0.3, 0.4) is 0 Å². The molecule has 7 unspecified atom stereocenters. The Labute approximate surface area is 505 Å². The summed E-state index contributed by atoms with van der Waals surface area (Å²) in [5.74, 6) is -0.187. The Morgan fingerprint density at radius 1 is 0.427 bits per heavy atom. The molecule has 0 aliphatic carbocycles. The highest BCUT2D eigenvalue weighted by atomic mass is 16.7. The molecule has 1 fully saturated rings. The molecule has 1 heterocycles. The van der Waals surface area contributed by atoms with Crippen molar-refractivity contribution in [3.63, 3.8) is 0 Å². The first-order valence-electron chi connectivity index (χ1n) is 34.8. The lowest BCUT2D eigenvalue weighted by molar-refractivity contribution is -0.302. The lowest BCUT2D eigenvalue weighted by atomic mass is 9.99. The number of aliphatic hydroxyl groups excluding tert-OH is 5. The van der Waals surface area contributed by atoms with E-state index in [2.05, 4.69) is 92.1 Å². The number of carbonyl (C=O) groups is 1.